The van der Waals surface area contributed by atoms with E-state index >= 15 is 0 Å². The van der Waals surface area contributed by atoms with Crippen molar-refractivity contribution in [3.05, 3.63) is 25.3 Å². The third-order valence-electron chi connectivity index (χ3n) is 2.48. The van der Waals surface area contributed by atoms with E-state index in [1.807, 2.05) is 12.2 Å². The first-order valence-electron chi connectivity index (χ1n) is 6.39. The highest BCUT2D eigenvalue weighted by Gasteiger charge is 2.26. The summed E-state index contributed by atoms with van der Waals surface area (Å²) < 4.78 is 15.1. The molecular formula is C14H24O3. The van der Waals surface area contributed by atoms with E-state index in [0.717, 1.165) is 39.3 Å². The summed E-state index contributed by atoms with van der Waals surface area (Å²) in [5, 5.41) is 0. The zero-order chi connectivity index (χ0) is 12.3. The molecule has 2 unspecified atom stereocenters. The molecule has 0 bridgehead atoms. The summed E-state index contributed by atoms with van der Waals surface area (Å²) in [4.78, 5) is 0. The van der Waals surface area contributed by atoms with E-state index in [0.29, 0.717) is 12.2 Å². The van der Waals surface area contributed by atoms with Gasteiger partial charge >= 0.3 is 0 Å². The Hall–Kier alpha value is -0.640. The summed E-state index contributed by atoms with van der Waals surface area (Å²) >= 11 is 0. The van der Waals surface area contributed by atoms with Gasteiger partial charge in [-0.05, 0) is 25.7 Å². The molecule has 2 fully saturated rings. The minimum atomic E-state index is 0.392. The second-order valence-electron chi connectivity index (χ2n) is 4.31. The molecule has 0 amide bonds. The summed E-state index contributed by atoms with van der Waals surface area (Å²) in [6, 6.07) is 0. The molecule has 2 aliphatic rings. The fraction of sp³-hybridized carbons (Fsp3) is 0.714. The van der Waals surface area contributed by atoms with Gasteiger partial charge in [0, 0.05) is 0 Å². The van der Waals surface area contributed by atoms with Gasteiger partial charge in [-0.15, -0.1) is 13.2 Å². The van der Waals surface area contributed by atoms with Crippen LogP contribution in [0.2, 0.25) is 0 Å². The molecule has 0 aromatic rings. The van der Waals surface area contributed by atoms with E-state index < -0.39 is 0 Å². The van der Waals surface area contributed by atoms with E-state index in [1.54, 1.807) is 0 Å². The minimum Gasteiger partial charge on any atom is -0.376 e. The molecule has 2 aliphatic heterocycles. The Morgan fingerprint density at radius 3 is 1.65 bits per heavy atom. The number of rotatable bonds is 9. The molecule has 2 atom stereocenters. The van der Waals surface area contributed by atoms with Crippen LogP contribution in [0.4, 0.5) is 0 Å². The topological polar surface area (TPSA) is 34.3 Å². The van der Waals surface area contributed by atoms with Crippen LogP contribution in [-0.2, 0) is 14.2 Å². The fourth-order valence-electron chi connectivity index (χ4n) is 1.24. The van der Waals surface area contributed by atoms with Gasteiger partial charge in [0.25, 0.3) is 0 Å². The molecule has 2 rings (SSSR count). The molecule has 17 heavy (non-hydrogen) atoms. The summed E-state index contributed by atoms with van der Waals surface area (Å²) in [6.07, 6.45) is 9.52. The van der Waals surface area contributed by atoms with E-state index in [4.69, 9.17) is 14.2 Å². The maximum atomic E-state index is 5.23. The molecule has 3 nitrogen and oxygen atoms in total. The monoisotopic (exact) mass is 240 g/mol. The minimum absolute atomic E-state index is 0.392. The number of hydrogen-bond donors (Lipinski definition) is 0. The Labute approximate surface area is 104 Å². The maximum absolute atomic E-state index is 5.23. The van der Waals surface area contributed by atoms with Crippen molar-refractivity contribution in [1.82, 2.24) is 0 Å². The predicted octanol–water partition coefficient (Wildman–Crippen LogP) is 2.72. The number of hydrogen-bond acceptors (Lipinski definition) is 3. The van der Waals surface area contributed by atoms with Crippen LogP contribution in [0.5, 0.6) is 0 Å². The lowest BCUT2D eigenvalue weighted by Gasteiger charge is -1.95. The summed E-state index contributed by atoms with van der Waals surface area (Å²) in [6.45, 7) is 10.5. The molecule has 0 N–H and O–H groups in total. The number of epoxide rings is 2. The van der Waals surface area contributed by atoms with E-state index in [-0.39, 0.29) is 0 Å². The fourth-order valence-corrected chi connectivity index (χ4v) is 1.24. The van der Waals surface area contributed by atoms with Crippen molar-refractivity contribution in [1.29, 1.82) is 0 Å². The molecule has 0 aromatic carbocycles. The van der Waals surface area contributed by atoms with Crippen LogP contribution >= 0.6 is 0 Å². The van der Waals surface area contributed by atoms with E-state index in [1.165, 1.54) is 12.8 Å². The molecular weight excluding hydrogens is 216 g/mol. The Morgan fingerprint density at radius 1 is 0.941 bits per heavy atom. The second-order valence-corrected chi connectivity index (χ2v) is 4.31. The predicted molar refractivity (Wildman–Crippen MR) is 69.2 cm³/mol. The average Bonchev–Trinajstić information content (AvgIpc) is 3.19. The van der Waals surface area contributed by atoms with Gasteiger partial charge in [0.15, 0.2) is 0 Å². The van der Waals surface area contributed by atoms with Crippen LogP contribution in [0.1, 0.15) is 25.7 Å². The molecule has 0 radical (unpaired) electrons. The highest BCUT2D eigenvalue weighted by Crippen LogP contribution is 2.12. The smallest absolute Gasteiger partial charge is 0.104 e. The van der Waals surface area contributed by atoms with E-state index in [9.17, 15) is 0 Å². The Morgan fingerprint density at radius 2 is 1.35 bits per heavy atom. The van der Waals surface area contributed by atoms with Crippen LogP contribution in [0.3, 0.4) is 0 Å². The lowest BCUT2D eigenvalue weighted by Crippen LogP contribution is -2.06. The molecule has 0 aliphatic carbocycles. The Kier molecular flexibility index (Phi) is 7.97. The van der Waals surface area contributed by atoms with Gasteiger partial charge in [-0.25, -0.2) is 0 Å². The van der Waals surface area contributed by atoms with Crippen LogP contribution in [0.25, 0.3) is 0 Å². The molecule has 0 aromatic heterocycles. The molecule has 3 heteroatoms. The van der Waals surface area contributed by atoms with E-state index in [2.05, 4.69) is 13.2 Å². The Balaban J connectivity index is 0.000000172. The SMILES string of the molecule is C(OCC1CO1)C1CO1.C=CCCCCC=C. The van der Waals surface area contributed by atoms with Crippen LogP contribution < -0.4 is 0 Å². The highest BCUT2D eigenvalue weighted by molar-refractivity contribution is 4.71. The Bertz CT molecular complexity index is 186. The third kappa shape index (κ3) is 10.2. The normalized spacial score (nSPS) is 24.5. The largest absolute Gasteiger partial charge is 0.376 e. The zero-order valence-electron chi connectivity index (χ0n) is 10.6. The lowest BCUT2D eigenvalue weighted by molar-refractivity contribution is 0.102. The van der Waals surface area contributed by atoms with Gasteiger partial charge in [0.1, 0.15) is 12.2 Å². The van der Waals surface area contributed by atoms with Crippen molar-refractivity contribution < 1.29 is 14.2 Å². The summed E-state index contributed by atoms with van der Waals surface area (Å²) in [5.74, 6) is 0. The quantitative estimate of drug-likeness (QED) is 0.353. The van der Waals surface area contributed by atoms with Crippen molar-refractivity contribution in [2.24, 2.45) is 0 Å². The number of unbranched alkanes of at least 4 members (excludes halogenated alkanes) is 3. The van der Waals surface area contributed by atoms with Crippen LogP contribution in [0, 0.1) is 0 Å². The second kappa shape index (κ2) is 9.40. The highest BCUT2D eigenvalue weighted by atomic mass is 16.6. The maximum Gasteiger partial charge on any atom is 0.104 e. The van der Waals surface area contributed by atoms with Gasteiger partial charge < -0.3 is 14.2 Å². The van der Waals surface area contributed by atoms with Crippen molar-refractivity contribution in [2.75, 3.05) is 26.4 Å². The standard InChI is InChI=1S/C8H14.C6H10O3/c1-3-5-7-8-6-4-2;1(5-3-8-5)7-2-6-4-9-6/h3-4H,1-2,5-8H2;5-6H,1-4H2. The van der Waals surface area contributed by atoms with Gasteiger partial charge in [-0.3, -0.25) is 0 Å². The molecule has 98 valence electrons. The average molecular weight is 240 g/mol. The summed E-state index contributed by atoms with van der Waals surface area (Å²) in [5.41, 5.74) is 0. The van der Waals surface area contributed by atoms with Crippen molar-refractivity contribution in [3.63, 3.8) is 0 Å². The van der Waals surface area contributed by atoms with Gasteiger partial charge in [-0.1, -0.05) is 12.2 Å². The third-order valence-corrected chi connectivity index (χ3v) is 2.48. The molecule has 0 spiro atoms. The number of allylic oxidation sites excluding steroid dienone is 2. The van der Waals surface area contributed by atoms with Gasteiger partial charge in [-0.2, -0.15) is 0 Å². The molecule has 2 heterocycles. The van der Waals surface area contributed by atoms with Crippen LogP contribution in [-0.4, -0.2) is 38.6 Å². The van der Waals surface area contributed by atoms with Crippen molar-refractivity contribution in [2.45, 2.75) is 37.9 Å². The zero-order valence-corrected chi connectivity index (χ0v) is 10.6. The molecule has 2 saturated heterocycles. The molecule has 0 saturated carbocycles. The first-order chi connectivity index (χ1) is 8.36. The van der Waals surface area contributed by atoms with Gasteiger partial charge in [0.05, 0.1) is 26.4 Å². The van der Waals surface area contributed by atoms with Crippen molar-refractivity contribution >= 4 is 0 Å². The first-order valence-corrected chi connectivity index (χ1v) is 6.39. The first kappa shape index (κ1) is 14.4. The van der Waals surface area contributed by atoms with Gasteiger partial charge in [0.2, 0.25) is 0 Å². The summed E-state index contributed by atoms with van der Waals surface area (Å²) in [7, 11) is 0. The lowest BCUT2D eigenvalue weighted by atomic mass is 10.2. The van der Waals surface area contributed by atoms with Crippen molar-refractivity contribution in [3.8, 4) is 0 Å². The number of ether oxygens (including phenoxy) is 3. The van der Waals surface area contributed by atoms with Crippen LogP contribution in [0.15, 0.2) is 25.3 Å².